The number of hydrogen-bond donors (Lipinski definition) is 0. The molecule has 0 aliphatic heterocycles. The van der Waals surface area contributed by atoms with Crippen molar-refractivity contribution in [2.75, 3.05) is 0 Å². The van der Waals surface area contributed by atoms with E-state index in [1.807, 2.05) is 43.0 Å². The fourth-order valence-electron chi connectivity index (χ4n) is 2.45. The topological polar surface area (TPSA) is 25.2 Å². The molecule has 0 bridgehead atoms. The Hall–Kier alpha value is -1.74. The molecule has 4 heteroatoms. The molecule has 0 radical (unpaired) electrons. The monoisotopic (exact) mass is 318 g/mol. The van der Waals surface area contributed by atoms with Gasteiger partial charge in [-0.2, -0.15) is 0 Å². The summed E-state index contributed by atoms with van der Waals surface area (Å²) in [5.41, 5.74) is 2.36. The highest BCUT2D eigenvalue weighted by Crippen LogP contribution is 2.14. The zero-order valence-electron chi connectivity index (χ0n) is 13.4. The number of rotatable bonds is 6. The van der Waals surface area contributed by atoms with Crippen LogP contribution in [0.3, 0.4) is 0 Å². The van der Waals surface area contributed by atoms with Gasteiger partial charge in [0.25, 0.3) is 0 Å². The third-order valence-corrected chi connectivity index (χ3v) is 3.89. The zero-order chi connectivity index (χ0) is 16.1. The minimum absolute atomic E-state index is 0.0240. The number of halogens is 1. The largest absolute Gasteiger partial charge is 0.345 e. The smallest absolute Gasteiger partial charge is 0.240 e. The summed E-state index contributed by atoms with van der Waals surface area (Å²) in [4.78, 5) is 14.1. The lowest BCUT2D eigenvalue weighted by atomic mass is 10.2. The van der Waals surface area contributed by atoms with Gasteiger partial charge in [0.2, 0.25) is 5.91 Å². The van der Waals surface area contributed by atoms with Crippen molar-refractivity contribution in [3.8, 4) is 0 Å². The van der Waals surface area contributed by atoms with Gasteiger partial charge >= 0.3 is 0 Å². The van der Waals surface area contributed by atoms with Crippen LogP contribution in [0.15, 0.2) is 48.7 Å². The van der Waals surface area contributed by atoms with Crippen molar-refractivity contribution in [3.05, 3.63) is 59.9 Å². The fraction of sp³-hybridized carbons (Fsp3) is 0.389. The van der Waals surface area contributed by atoms with Crippen molar-refractivity contribution in [2.24, 2.45) is 0 Å². The Morgan fingerprint density at radius 1 is 1.14 bits per heavy atom. The van der Waals surface area contributed by atoms with Gasteiger partial charge in [0.15, 0.2) is 0 Å². The van der Waals surface area contributed by atoms with E-state index in [-0.39, 0.29) is 11.9 Å². The molecule has 0 saturated carbocycles. The number of carbonyl (C=O) groups excluding carboxylic acids is 1. The van der Waals surface area contributed by atoms with Crippen molar-refractivity contribution < 1.29 is 4.79 Å². The highest BCUT2D eigenvalue weighted by atomic mass is 35.5. The quantitative estimate of drug-likeness (QED) is 0.742. The van der Waals surface area contributed by atoms with Crippen LogP contribution in [0, 0.1) is 0 Å². The van der Waals surface area contributed by atoms with Gasteiger partial charge in [-0.15, -0.1) is 11.6 Å². The molecule has 1 aromatic carbocycles. The average Bonchev–Trinajstić information content (AvgIpc) is 2.91. The summed E-state index contributed by atoms with van der Waals surface area (Å²) < 4.78 is 2.18. The summed E-state index contributed by atoms with van der Waals surface area (Å²) in [6.07, 6.45) is 2.05. The highest BCUT2D eigenvalue weighted by molar-refractivity contribution is 6.30. The maximum Gasteiger partial charge on any atom is 0.240 e. The predicted octanol–water partition coefficient (Wildman–Crippen LogP) is 3.90. The second-order valence-electron chi connectivity index (χ2n) is 5.79. The maximum atomic E-state index is 12.3. The van der Waals surface area contributed by atoms with Crippen LogP contribution in [0.25, 0.3) is 0 Å². The summed E-state index contributed by atoms with van der Waals surface area (Å²) in [7, 11) is 0. The lowest BCUT2D eigenvalue weighted by molar-refractivity contribution is -0.132. The van der Waals surface area contributed by atoms with Crippen molar-refractivity contribution in [1.29, 1.82) is 0 Å². The van der Waals surface area contributed by atoms with E-state index in [1.165, 1.54) is 5.56 Å². The summed E-state index contributed by atoms with van der Waals surface area (Å²) in [6, 6.07) is 14.5. The first kappa shape index (κ1) is 16.6. The molecule has 2 aromatic rings. The number of alkyl halides is 1. The van der Waals surface area contributed by atoms with Crippen LogP contribution in [-0.4, -0.2) is 26.8 Å². The van der Waals surface area contributed by atoms with Gasteiger partial charge < -0.3 is 9.47 Å². The van der Waals surface area contributed by atoms with Gasteiger partial charge in [-0.3, -0.25) is 4.79 Å². The number of hydrogen-bond acceptors (Lipinski definition) is 1. The van der Waals surface area contributed by atoms with Crippen molar-refractivity contribution in [3.63, 3.8) is 0 Å². The van der Waals surface area contributed by atoms with Crippen LogP contribution in [0.1, 0.15) is 32.0 Å². The van der Waals surface area contributed by atoms with E-state index in [1.54, 1.807) is 6.92 Å². The Morgan fingerprint density at radius 2 is 1.82 bits per heavy atom. The van der Waals surface area contributed by atoms with Gasteiger partial charge in [0.05, 0.1) is 6.54 Å². The molecule has 0 N–H and O–H groups in total. The number of carbonyl (C=O) groups is 1. The SMILES string of the molecule is CC(Cl)C(=O)N(Cc1cccn1Cc1ccccc1)C(C)C. The molecule has 0 spiro atoms. The molecule has 0 saturated heterocycles. The Kier molecular flexibility index (Phi) is 5.67. The van der Waals surface area contributed by atoms with Crippen LogP contribution in [0.5, 0.6) is 0 Å². The molecule has 1 atom stereocenters. The van der Waals surface area contributed by atoms with Crippen molar-refractivity contribution >= 4 is 17.5 Å². The molecule has 2 rings (SSSR count). The first-order valence-corrected chi connectivity index (χ1v) is 8.05. The van der Waals surface area contributed by atoms with Gasteiger partial charge in [-0.25, -0.2) is 0 Å². The second kappa shape index (κ2) is 7.50. The Morgan fingerprint density at radius 3 is 2.41 bits per heavy atom. The Labute approximate surface area is 137 Å². The number of amides is 1. The lowest BCUT2D eigenvalue weighted by Crippen LogP contribution is -2.40. The van der Waals surface area contributed by atoms with Gasteiger partial charge in [0, 0.05) is 24.5 Å². The molecule has 22 heavy (non-hydrogen) atoms. The Balaban J connectivity index is 2.16. The molecule has 1 aromatic heterocycles. The Bertz CT molecular complexity index is 605. The number of benzene rings is 1. The molecule has 0 aliphatic rings. The number of nitrogens with zero attached hydrogens (tertiary/aromatic N) is 2. The molecule has 0 aliphatic carbocycles. The van der Waals surface area contributed by atoms with Crippen LogP contribution in [0.2, 0.25) is 0 Å². The summed E-state index contributed by atoms with van der Waals surface area (Å²) in [5, 5.41) is -0.500. The third kappa shape index (κ3) is 4.14. The van der Waals surface area contributed by atoms with E-state index in [0.717, 1.165) is 12.2 Å². The van der Waals surface area contributed by atoms with E-state index >= 15 is 0 Å². The molecular formula is C18H23ClN2O. The normalized spacial score (nSPS) is 12.4. The zero-order valence-corrected chi connectivity index (χ0v) is 14.1. The van der Waals surface area contributed by atoms with E-state index in [0.29, 0.717) is 6.54 Å². The molecule has 1 heterocycles. The first-order chi connectivity index (χ1) is 10.5. The highest BCUT2D eigenvalue weighted by Gasteiger charge is 2.22. The lowest BCUT2D eigenvalue weighted by Gasteiger charge is -2.28. The first-order valence-electron chi connectivity index (χ1n) is 7.61. The maximum absolute atomic E-state index is 12.3. The molecular weight excluding hydrogens is 296 g/mol. The number of aromatic nitrogens is 1. The molecule has 3 nitrogen and oxygen atoms in total. The van der Waals surface area contributed by atoms with Gasteiger partial charge in [-0.05, 0) is 38.5 Å². The van der Waals surface area contributed by atoms with Crippen molar-refractivity contribution in [1.82, 2.24) is 9.47 Å². The summed E-state index contributed by atoms with van der Waals surface area (Å²) in [6.45, 7) is 7.14. The standard InChI is InChI=1S/C18H23ClN2O/c1-14(2)21(18(22)15(3)19)13-17-10-7-11-20(17)12-16-8-5-4-6-9-16/h4-11,14-15H,12-13H2,1-3H3. The fourth-order valence-corrected chi connectivity index (χ4v) is 2.57. The second-order valence-corrected chi connectivity index (χ2v) is 6.44. The predicted molar refractivity (Wildman–Crippen MR) is 91.0 cm³/mol. The van der Waals surface area contributed by atoms with Crippen LogP contribution in [0.4, 0.5) is 0 Å². The molecule has 1 unspecified atom stereocenters. The van der Waals surface area contributed by atoms with E-state index in [4.69, 9.17) is 11.6 Å². The van der Waals surface area contributed by atoms with Crippen LogP contribution in [-0.2, 0) is 17.9 Å². The van der Waals surface area contributed by atoms with Gasteiger partial charge in [-0.1, -0.05) is 30.3 Å². The summed E-state index contributed by atoms with van der Waals surface area (Å²) >= 11 is 5.98. The van der Waals surface area contributed by atoms with E-state index < -0.39 is 5.38 Å². The molecule has 0 fully saturated rings. The van der Waals surface area contributed by atoms with Crippen LogP contribution >= 0.6 is 11.6 Å². The van der Waals surface area contributed by atoms with Crippen LogP contribution < -0.4 is 0 Å². The molecule has 118 valence electrons. The molecule has 1 amide bonds. The minimum atomic E-state index is -0.500. The average molecular weight is 319 g/mol. The van der Waals surface area contributed by atoms with E-state index in [2.05, 4.69) is 29.0 Å². The minimum Gasteiger partial charge on any atom is -0.345 e. The third-order valence-electron chi connectivity index (χ3n) is 3.70. The summed E-state index contributed by atoms with van der Waals surface area (Å²) in [5.74, 6) is -0.0240. The van der Waals surface area contributed by atoms with Gasteiger partial charge in [0.1, 0.15) is 5.38 Å². The van der Waals surface area contributed by atoms with E-state index in [9.17, 15) is 4.79 Å². The van der Waals surface area contributed by atoms with Crippen molar-refractivity contribution in [2.45, 2.75) is 45.3 Å².